The lowest BCUT2D eigenvalue weighted by Crippen LogP contribution is -2.44. The van der Waals surface area contributed by atoms with Gasteiger partial charge < -0.3 is 15.3 Å². The summed E-state index contributed by atoms with van der Waals surface area (Å²) in [5.74, 6) is 3.82. The predicted molar refractivity (Wildman–Crippen MR) is 99.7 cm³/mol. The Morgan fingerprint density at radius 1 is 1.30 bits per heavy atom. The molecule has 2 aromatic heterocycles. The lowest BCUT2D eigenvalue weighted by atomic mass is 10.4. The van der Waals surface area contributed by atoms with Crippen LogP contribution in [0.4, 0.5) is 19.1 Å². The van der Waals surface area contributed by atoms with Crippen molar-refractivity contribution in [1.82, 2.24) is 24.4 Å². The molecule has 2 aromatic rings. The van der Waals surface area contributed by atoms with E-state index in [0.717, 1.165) is 26.2 Å². The molecule has 2 N–H and O–H groups in total. The topological polar surface area (TPSA) is 129 Å². The van der Waals surface area contributed by atoms with Crippen LogP contribution in [0.2, 0.25) is 0 Å². The van der Waals surface area contributed by atoms with Gasteiger partial charge in [-0.05, 0) is 6.92 Å². The Balaban J connectivity index is 0.000000396. The highest BCUT2D eigenvalue weighted by molar-refractivity contribution is 5.75. The summed E-state index contributed by atoms with van der Waals surface area (Å²) in [4.78, 5) is 32.4. The van der Waals surface area contributed by atoms with Crippen molar-refractivity contribution in [1.29, 1.82) is 5.26 Å². The number of aromatic nitrogens is 4. The highest BCUT2D eigenvalue weighted by atomic mass is 19.4. The number of carbonyl (C=O) groups is 1. The van der Waals surface area contributed by atoms with Gasteiger partial charge in [0.1, 0.15) is 6.07 Å². The van der Waals surface area contributed by atoms with E-state index in [1.165, 1.54) is 4.57 Å². The van der Waals surface area contributed by atoms with Gasteiger partial charge in [-0.1, -0.05) is 5.92 Å². The van der Waals surface area contributed by atoms with Crippen LogP contribution in [0.5, 0.6) is 0 Å². The Bertz CT molecular complexity index is 1100. The molecule has 10 nitrogen and oxygen atoms in total. The summed E-state index contributed by atoms with van der Waals surface area (Å²) in [6.07, 6.45) is -5.08. The molecule has 0 spiro atoms. The van der Waals surface area contributed by atoms with Gasteiger partial charge in [-0.3, -0.25) is 13.9 Å². The minimum atomic E-state index is -5.08. The molecular formula is C17H18F3N7O3. The Hall–Kier alpha value is -3.58. The zero-order chi connectivity index (χ0) is 22.5. The fraction of sp³-hybridized carbons (Fsp3) is 0.471. The second-order valence-corrected chi connectivity index (χ2v) is 6.05. The smallest absolute Gasteiger partial charge is 0.475 e. The number of nitrogens with zero attached hydrogens (tertiary/aromatic N) is 6. The number of alkyl halides is 3. The van der Waals surface area contributed by atoms with E-state index in [9.17, 15) is 18.0 Å². The number of piperazine rings is 1. The molecule has 0 atom stereocenters. The van der Waals surface area contributed by atoms with Crippen molar-refractivity contribution >= 4 is 23.1 Å². The highest BCUT2D eigenvalue weighted by Gasteiger charge is 2.38. The Morgan fingerprint density at radius 3 is 2.40 bits per heavy atom. The first-order chi connectivity index (χ1) is 14.1. The standard InChI is InChI=1S/C15H17N7O.C2HF3O2/c1-3-4-7-22-12-13(18-11(10-16)20(2)14(12)23)19-15(22)21-8-5-17-6-9-21;3-2(4,5)1(6)7/h17H,5-9H2,1-2H3;(H,6,7). The van der Waals surface area contributed by atoms with Crippen molar-refractivity contribution in [3.05, 3.63) is 16.2 Å². The van der Waals surface area contributed by atoms with Crippen LogP contribution >= 0.6 is 0 Å². The number of carboxylic acids is 1. The molecule has 0 amide bonds. The number of rotatable bonds is 2. The number of halogens is 3. The number of fused-ring (bicyclic) bond motifs is 1. The highest BCUT2D eigenvalue weighted by Crippen LogP contribution is 2.20. The molecule has 3 rings (SSSR count). The number of nitrogens with one attached hydrogen (secondary N) is 1. The van der Waals surface area contributed by atoms with E-state index in [1.807, 2.05) is 6.07 Å². The van der Waals surface area contributed by atoms with Crippen molar-refractivity contribution in [3.63, 3.8) is 0 Å². The number of nitriles is 1. The van der Waals surface area contributed by atoms with E-state index < -0.39 is 12.1 Å². The molecule has 1 saturated heterocycles. The summed E-state index contributed by atoms with van der Waals surface area (Å²) in [5.41, 5.74) is 0.414. The van der Waals surface area contributed by atoms with Gasteiger partial charge in [0, 0.05) is 33.2 Å². The molecule has 1 aliphatic heterocycles. The molecule has 30 heavy (non-hydrogen) atoms. The fourth-order valence-electron chi connectivity index (χ4n) is 2.66. The number of hydrogen-bond acceptors (Lipinski definition) is 7. The van der Waals surface area contributed by atoms with Crippen molar-refractivity contribution in [3.8, 4) is 17.9 Å². The van der Waals surface area contributed by atoms with Crippen LogP contribution in [0, 0.1) is 23.2 Å². The van der Waals surface area contributed by atoms with Crippen molar-refractivity contribution in [2.75, 3.05) is 31.1 Å². The maximum absolute atomic E-state index is 12.6. The molecule has 0 aromatic carbocycles. The van der Waals surface area contributed by atoms with Crippen LogP contribution < -0.4 is 15.8 Å². The van der Waals surface area contributed by atoms with Gasteiger partial charge in [0.05, 0.1) is 6.54 Å². The van der Waals surface area contributed by atoms with E-state index in [0.29, 0.717) is 23.7 Å². The molecule has 0 radical (unpaired) electrons. The third kappa shape index (κ3) is 4.87. The SMILES string of the molecule is CC#CCn1c(N2CCNCC2)nc2nc(C#N)n(C)c(=O)c21.O=C(O)C(F)(F)F. The molecule has 3 heterocycles. The summed E-state index contributed by atoms with van der Waals surface area (Å²) in [6.45, 7) is 5.44. The van der Waals surface area contributed by atoms with Crippen molar-refractivity contribution < 1.29 is 23.1 Å². The summed E-state index contributed by atoms with van der Waals surface area (Å²) >= 11 is 0. The number of aliphatic carboxylic acids is 1. The summed E-state index contributed by atoms with van der Waals surface area (Å²) < 4.78 is 34.8. The van der Waals surface area contributed by atoms with Crippen molar-refractivity contribution in [2.24, 2.45) is 7.05 Å². The Labute approximate surface area is 168 Å². The zero-order valence-electron chi connectivity index (χ0n) is 16.1. The average molecular weight is 425 g/mol. The summed E-state index contributed by atoms with van der Waals surface area (Å²) in [6, 6.07) is 1.93. The van der Waals surface area contributed by atoms with Gasteiger partial charge in [0.2, 0.25) is 11.8 Å². The lowest BCUT2D eigenvalue weighted by molar-refractivity contribution is -0.192. The van der Waals surface area contributed by atoms with E-state index in [1.54, 1.807) is 18.5 Å². The third-order valence-corrected chi connectivity index (χ3v) is 4.12. The first kappa shape index (κ1) is 22.7. The van der Waals surface area contributed by atoms with Crippen LogP contribution in [0.15, 0.2) is 4.79 Å². The minimum Gasteiger partial charge on any atom is -0.475 e. The molecule has 13 heteroatoms. The largest absolute Gasteiger partial charge is 0.490 e. The maximum Gasteiger partial charge on any atom is 0.490 e. The monoisotopic (exact) mass is 425 g/mol. The first-order valence-corrected chi connectivity index (χ1v) is 8.64. The number of hydrogen-bond donors (Lipinski definition) is 2. The van der Waals surface area contributed by atoms with Gasteiger partial charge in [-0.25, -0.2) is 4.79 Å². The van der Waals surface area contributed by atoms with E-state index in [-0.39, 0.29) is 11.4 Å². The zero-order valence-corrected chi connectivity index (χ0v) is 16.1. The van der Waals surface area contributed by atoms with Gasteiger partial charge in [-0.15, -0.1) is 5.92 Å². The van der Waals surface area contributed by atoms with Gasteiger partial charge >= 0.3 is 12.1 Å². The van der Waals surface area contributed by atoms with E-state index >= 15 is 0 Å². The summed E-state index contributed by atoms with van der Waals surface area (Å²) in [7, 11) is 1.54. The average Bonchev–Trinajstić information content (AvgIpc) is 3.08. The van der Waals surface area contributed by atoms with Crippen LogP contribution in [-0.4, -0.2) is 62.5 Å². The molecule has 0 bridgehead atoms. The fourth-order valence-corrected chi connectivity index (χ4v) is 2.66. The number of imidazole rings is 1. The van der Waals surface area contributed by atoms with Gasteiger partial charge in [0.15, 0.2) is 11.2 Å². The quantitative estimate of drug-likeness (QED) is 0.647. The van der Waals surface area contributed by atoms with Crippen molar-refractivity contribution in [2.45, 2.75) is 19.6 Å². The van der Waals surface area contributed by atoms with Crippen LogP contribution in [0.3, 0.4) is 0 Å². The van der Waals surface area contributed by atoms with Crippen LogP contribution in [0.1, 0.15) is 12.7 Å². The molecule has 0 aliphatic carbocycles. The molecule has 160 valence electrons. The normalized spacial score (nSPS) is 13.7. The maximum atomic E-state index is 12.6. The Kier molecular flexibility index (Phi) is 7.02. The Morgan fingerprint density at radius 2 is 1.90 bits per heavy atom. The molecule has 0 unspecified atom stereocenters. The third-order valence-electron chi connectivity index (χ3n) is 4.12. The molecular weight excluding hydrogens is 407 g/mol. The van der Waals surface area contributed by atoms with Crippen LogP contribution in [-0.2, 0) is 18.4 Å². The first-order valence-electron chi connectivity index (χ1n) is 8.64. The number of carboxylic acid groups (broad SMARTS) is 1. The molecule has 1 aliphatic rings. The molecule has 0 saturated carbocycles. The number of anilines is 1. The second kappa shape index (κ2) is 9.28. The van der Waals surface area contributed by atoms with E-state index in [4.69, 9.17) is 15.2 Å². The van der Waals surface area contributed by atoms with Gasteiger partial charge in [0.25, 0.3) is 5.56 Å². The van der Waals surface area contributed by atoms with Gasteiger partial charge in [-0.2, -0.15) is 28.4 Å². The lowest BCUT2D eigenvalue weighted by Gasteiger charge is -2.28. The molecule has 1 fully saturated rings. The predicted octanol–water partition coefficient (Wildman–Crippen LogP) is 0.0679. The second-order valence-electron chi connectivity index (χ2n) is 6.05. The minimum absolute atomic E-state index is 0.0561. The summed E-state index contributed by atoms with van der Waals surface area (Å²) in [5, 5.41) is 19.5. The van der Waals surface area contributed by atoms with Crippen LogP contribution in [0.25, 0.3) is 11.2 Å². The van der Waals surface area contributed by atoms with E-state index in [2.05, 4.69) is 32.0 Å².